The number of hydrogen-bond donors (Lipinski definition) is 1. The minimum atomic E-state index is -0.279. The second kappa shape index (κ2) is 9.04. The Balaban J connectivity index is 1.59. The van der Waals surface area contributed by atoms with Gasteiger partial charge in [-0.1, -0.05) is 59.6 Å². The molecule has 0 aliphatic rings. The molecule has 150 valence electrons. The molecule has 0 bridgehead atoms. The van der Waals surface area contributed by atoms with E-state index in [0.29, 0.717) is 22.2 Å². The van der Waals surface area contributed by atoms with Crippen molar-refractivity contribution in [2.24, 2.45) is 5.10 Å². The molecule has 3 aromatic carbocycles. The van der Waals surface area contributed by atoms with Gasteiger partial charge in [0.15, 0.2) is 0 Å². The monoisotopic (exact) mass is 499 g/mol. The van der Waals surface area contributed by atoms with E-state index in [2.05, 4.69) is 31.0 Å². The van der Waals surface area contributed by atoms with Crippen LogP contribution in [0.15, 0.2) is 82.5 Å². The molecule has 1 heterocycles. The predicted octanol–water partition coefficient (Wildman–Crippen LogP) is 6.52. The number of fused-ring (bicyclic) bond motifs is 1. The van der Waals surface area contributed by atoms with Gasteiger partial charge in [0.1, 0.15) is 0 Å². The Bertz CT molecular complexity index is 1270. The highest BCUT2D eigenvalue weighted by atomic mass is 79.9. The first-order valence-corrected chi connectivity index (χ1v) is 10.7. The van der Waals surface area contributed by atoms with E-state index in [-0.39, 0.29) is 5.91 Å². The molecule has 0 radical (unpaired) electrons. The van der Waals surface area contributed by atoms with Crippen LogP contribution in [-0.4, -0.2) is 16.7 Å². The van der Waals surface area contributed by atoms with E-state index in [9.17, 15) is 4.79 Å². The summed E-state index contributed by atoms with van der Waals surface area (Å²) in [7, 11) is 0. The van der Waals surface area contributed by atoms with Crippen molar-refractivity contribution in [2.75, 3.05) is 0 Å². The van der Waals surface area contributed by atoms with Gasteiger partial charge < -0.3 is 4.57 Å². The summed E-state index contributed by atoms with van der Waals surface area (Å²) in [5.74, 6) is -0.279. The van der Waals surface area contributed by atoms with Crippen LogP contribution < -0.4 is 5.43 Å². The molecular formula is C23H16BrCl2N3O. The number of carbonyl (C=O) groups is 1. The second-order valence-corrected chi connectivity index (χ2v) is 8.33. The van der Waals surface area contributed by atoms with Crippen molar-refractivity contribution in [1.29, 1.82) is 0 Å². The summed E-state index contributed by atoms with van der Waals surface area (Å²) in [5.41, 5.74) is 6.11. The van der Waals surface area contributed by atoms with Gasteiger partial charge in [-0.05, 0) is 51.8 Å². The summed E-state index contributed by atoms with van der Waals surface area (Å²) in [6.45, 7) is 0.633. The molecule has 7 heteroatoms. The Kier molecular flexibility index (Phi) is 6.23. The van der Waals surface area contributed by atoms with Crippen LogP contribution in [0.4, 0.5) is 0 Å². The Morgan fingerprint density at radius 3 is 2.60 bits per heavy atom. The zero-order valence-corrected chi connectivity index (χ0v) is 18.7. The summed E-state index contributed by atoms with van der Waals surface area (Å²) in [6.07, 6.45) is 3.66. The van der Waals surface area contributed by atoms with Gasteiger partial charge in [0.05, 0.1) is 21.8 Å². The lowest BCUT2D eigenvalue weighted by Crippen LogP contribution is -2.18. The number of para-hydroxylation sites is 1. The van der Waals surface area contributed by atoms with Gasteiger partial charge in [0.25, 0.3) is 5.91 Å². The van der Waals surface area contributed by atoms with Crippen LogP contribution in [0.1, 0.15) is 21.5 Å². The van der Waals surface area contributed by atoms with E-state index >= 15 is 0 Å². The third-order valence-corrected chi connectivity index (χ3v) is 6.08. The van der Waals surface area contributed by atoms with Crippen molar-refractivity contribution in [3.63, 3.8) is 0 Å². The van der Waals surface area contributed by atoms with Crippen molar-refractivity contribution >= 4 is 62.2 Å². The molecule has 1 aromatic heterocycles. The molecule has 1 amide bonds. The number of benzene rings is 3. The summed E-state index contributed by atoms with van der Waals surface area (Å²) in [4.78, 5) is 12.3. The Labute approximate surface area is 192 Å². The van der Waals surface area contributed by atoms with E-state index in [1.165, 1.54) is 0 Å². The number of hydrogen-bond acceptors (Lipinski definition) is 2. The fourth-order valence-corrected chi connectivity index (χ4v) is 4.00. The highest BCUT2D eigenvalue weighted by Crippen LogP contribution is 2.25. The molecule has 0 spiro atoms. The average Bonchev–Trinajstić information content (AvgIpc) is 3.08. The molecular weight excluding hydrogens is 485 g/mol. The third-order valence-electron chi connectivity index (χ3n) is 4.64. The van der Waals surface area contributed by atoms with Crippen LogP contribution in [-0.2, 0) is 6.54 Å². The highest BCUT2D eigenvalue weighted by molar-refractivity contribution is 9.10. The van der Waals surface area contributed by atoms with Gasteiger partial charge in [-0.3, -0.25) is 4.79 Å². The van der Waals surface area contributed by atoms with Gasteiger partial charge in [0, 0.05) is 33.7 Å². The van der Waals surface area contributed by atoms with E-state index in [4.69, 9.17) is 23.2 Å². The van der Waals surface area contributed by atoms with Gasteiger partial charge in [-0.25, -0.2) is 5.43 Å². The number of rotatable bonds is 5. The maximum atomic E-state index is 12.3. The van der Waals surface area contributed by atoms with Crippen molar-refractivity contribution in [3.05, 3.63) is 104 Å². The number of aromatic nitrogens is 1. The smallest absolute Gasteiger partial charge is 0.272 e. The van der Waals surface area contributed by atoms with E-state index in [1.54, 1.807) is 24.4 Å². The lowest BCUT2D eigenvalue weighted by atomic mass is 10.2. The second-order valence-electron chi connectivity index (χ2n) is 6.66. The van der Waals surface area contributed by atoms with Crippen molar-refractivity contribution in [1.82, 2.24) is 9.99 Å². The molecule has 4 aromatic rings. The molecule has 4 rings (SSSR count). The first-order valence-electron chi connectivity index (χ1n) is 9.12. The van der Waals surface area contributed by atoms with Gasteiger partial charge in [-0.2, -0.15) is 5.10 Å². The predicted molar refractivity (Wildman–Crippen MR) is 127 cm³/mol. The van der Waals surface area contributed by atoms with Crippen molar-refractivity contribution < 1.29 is 4.79 Å². The zero-order valence-electron chi connectivity index (χ0n) is 15.6. The molecule has 0 fully saturated rings. The quantitative estimate of drug-likeness (QED) is 0.246. The van der Waals surface area contributed by atoms with Crippen LogP contribution in [0.25, 0.3) is 10.9 Å². The van der Waals surface area contributed by atoms with Gasteiger partial charge in [-0.15, -0.1) is 0 Å². The normalized spacial score (nSPS) is 11.3. The zero-order chi connectivity index (χ0) is 21.1. The summed E-state index contributed by atoms with van der Waals surface area (Å²) >= 11 is 15.6. The number of amides is 1. The summed E-state index contributed by atoms with van der Waals surface area (Å²) < 4.78 is 2.84. The summed E-state index contributed by atoms with van der Waals surface area (Å²) in [6, 6.07) is 20.9. The molecule has 0 saturated heterocycles. The average molecular weight is 501 g/mol. The van der Waals surface area contributed by atoms with E-state index in [0.717, 1.165) is 26.5 Å². The summed E-state index contributed by atoms with van der Waals surface area (Å²) in [5, 5.41) is 6.26. The third kappa shape index (κ3) is 4.43. The van der Waals surface area contributed by atoms with Crippen molar-refractivity contribution in [2.45, 2.75) is 6.54 Å². The standard InChI is InChI=1S/C23H16BrCl2N3O/c24-19-7-3-1-6-18(19)23(30)28-27-12-16-14-29(22-8-4-2-5-17(16)22)13-15-9-10-20(25)21(26)11-15/h1-12,14H,13H2,(H,28,30)/b27-12-. The minimum absolute atomic E-state index is 0.279. The van der Waals surface area contributed by atoms with Crippen LogP contribution in [0, 0.1) is 0 Å². The molecule has 0 saturated carbocycles. The maximum absolute atomic E-state index is 12.3. The molecule has 0 aliphatic carbocycles. The molecule has 0 atom stereocenters. The number of nitrogens with zero attached hydrogens (tertiary/aromatic N) is 2. The van der Waals surface area contributed by atoms with Crippen LogP contribution >= 0.6 is 39.1 Å². The molecule has 4 nitrogen and oxygen atoms in total. The minimum Gasteiger partial charge on any atom is -0.342 e. The SMILES string of the molecule is O=C(N/N=C\c1cn(Cc2ccc(Cl)c(Cl)c2)c2ccccc12)c1ccccc1Br. The fraction of sp³-hybridized carbons (Fsp3) is 0.0435. The molecule has 1 N–H and O–H groups in total. The van der Waals surface area contributed by atoms with E-state index in [1.807, 2.05) is 54.7 Å². The first-order chi connectivity index (χ1) is 14.5. The Hall–Kier alpha value is -2.60. The number of nitrogens with one attached hydrogen (secondary N) is 1. The van der Waals surface area contributed by atoms with Crippen molar-refractivity contribution in [3.8, 4) is 0 Å². The van der Waals surface area contributed by atoms with Crippen LogP contribution in [0.2, 0.25) is 10.0 Å². The largest absolute Gasteiger partial charge is 0.342 e. The molecule has 30 heavy (non-hydrogen) atoms. The van der Waals surface area contributed by atoms with Crippen LogP contribution in [0.3, 0.4) is 0 Å². The highest BCUT2D eigenvalue weighted by Gasteiger charge is 2.10. The molecule has 0 unspecified atom stereocenters. The number of carbonyl (C=O) groups excluding carboxylic acids is 1. The Morgan fingerprint density at radius 1 is 1.03 bits per heavy atom. The fourth-order valence-electron chi connectivity index (χ4n) is 3.21. The topological polar surface area (TPSA) is 46.4 Å². The van der Waals surface area contributed by atoms with Gasteiger partial charge in [0.2, 0.25) is 0 Å². The van der Waals surface area contributed by atoms with E-state index < -0.39 is 0 Å². The lowest BCUT2D eigenvalue weighted by Gasteiger charge is -2.06. The maximum Gasteiger partial charge on any atom is 0.272 e. The Morgan fingerprint density at radius 2 is 1.80 bits per heavy atom. The van der Waals surface area contributed by atoms with Crippen LogP contribution in [0.5, 0.6) is 0 Å². The first kappa shape index (κ1) is 20.7. The molecule has 0 aliphatic heterocycles. The lowest BCUT2D eigenvalue weighted by molar-refractivity contribution is 0.0954. The number of hydrazone groups is 1. The number of halogens is 3. The van der Waals surface area contributed by atoms with Gasteiger partial charge >= 0.3 is 0 Å².